The van der Waals surface area contributed by atoms with E-state index in [1.807, 2.05) is 12.1 Å². The third-order valence-corrected chi connectivity index (χ3v) is 3.84. The molecule has 1 heterocycles. The van der Waals surface area contributed by atoms with E-state index in [4.69, 9.17) is 21.1 Å². The fourth-order valence-electron chi connectivity index (χ4n) is 2.40. The van der Waals surface area contributed by atoms with E-state index in [9.17, 15) is 0 Å². The molecule has 4 nitrogen and oxygen atoms in total. The van der Waals surface area contributed by atoms with E-state index in [0.717, 1.165) is 50.5 Å². The Kier molecular flexibility index (Phi) is 6.77. The summed E-state index contributed by atoms with van der Waals surface area (Å²) >= 11 is 6.28. The Morgan fingerprint density at radius 3 is 3.10 bits per heavy atom. The number of ether oxygens (including phenoxy) is 2. The minimum Gasteiger partial charge on any atom is -0.489 e. The molecule has 1 aromatic rings. The minimum atomic E-state index is 0.108. The van der Waals surface area contributed by atoms with Gasteiger partial charge >= 0.3 is 0 Å². The molecule has 1 atom stereocenters. The lowest BCUT2D eigenvalue weighted by Crippen LogP contribution is -2.42. The molecule has 0 saturated carbocycles. The van der Waals surface area contributed by atoms with Gasteiger partial charge in [-0.3, -0.25) is 0 Å². The van der Waals surface area contributed by atoms with Crippen LogP contribution < -0.4 is 10.1 Å². The molecule has 118 valence electrons. The summed E-state index contributed by atoms with van der Waals surface area (Å²) in [5.74, 6) is 0.777. The standard InChI is InChI=1S/C16H25ClN2O2/c1-3-7-18-10-13-5-4-6-15(17)16(13)21-12-14-11-19(2)8-9-20-14/h4-6,14,18H,3,7-12H2,1-2H3. The molecule has 1 aliphatic rings. The van der Waals surface area contributed by atoms with Crippen molar-refractivity contribution in [2.24, 2.45) is 0 Å². The molecule has 1 N–H and O–H groups in total. The monoisotopic (exact) mass is 312 g/mol. The first-order valence-corrected chi connectivity index (χ1v) is 7.99. The smallest absolute Gasteiger partial charge is 0.142 e. The highest BCUT2D eigenvalue weighted by Gasteiger charge is 2.19. The van der Waals surface area contributed by atoms with Gasteiger partial charge in [-0.15, -0.1) is 0 Å². The highest BCUT2D eigenvalue weighted by Crippen LogP contribution is 2.29. The van der Waals surface area contributed by atoms with Crippen LogP contribution in [-0.4, -0.2) is 50.9 Å². The molecule has 1 aromatic carbocycles. The van der Waals surface area contributed by atoms with Crippen LogP contribution in [0.2, 0.25) is 5.02 Å². The summed E-state index contributed by atoms with van der Waals surface area (Å²) in [5.41, 5.74) is 1.10. The normalized spacial score (nSPS) is 19.7. The molecule has 1 unspecified atom stereocenters. The molecule has 0 amide bonds. The maximum atomic E-state index is 6.28. The van der Waals surface area contributed by atoms with Gasteiger partial charge in [-0.05, 0) is 26.1 Å². The fraction of sp³-hybridized carbons (Fsp3) is 0.625. The van der Waals surface area contributed by atoms with Crippen LogP contribution in [0.5, 0.6) is 5.75 Å². The minimum absolute atomic E-state index is 0.108. The van der Waals surface area contributed by atoms with Crippen molar-refractivity contribution >= 4 is 11.6 Å². The Balaban J connectivity index is 1.94. The topological polar surface area (TPSA) is 33.7 Å². The number of hydrogen-bond acceptors (Lipinski definition) is 4. The number of likely N-dealkylation sites (N-methyl/N-ethyl adjacent to an activating group) is 1. The summed E-state index contributed by atoms with van der Waals surface area (Å²) in [4.78, 5) is 2.26. The molecule has 1 saturated heterocycles. The van der Waals surface area contributed by atoms with Gasteiger partial charge in [0, 0.05) is 25.2 Å². The molecule has 0 bridgehead atoms. The zero-order chi connectivity index (χ0) is 15.1. The van der Waals surface area contributed by atoms with E-state index >= 15 is 0 Å². The maximum Gasteiger partial charge on any atom is 0.142 e. The van der Waals surface area contributed by atoms with Crippen LogP contribution in [-0.2, 0) is 11.3 Å². The Bertz CT molecular complexity index is 442. The second-order valence-electron chi connectivity index (χ2n) is 5.47. The van der Waals surface area contributed by atoms with Crippen molar-refractivity contribution in [2.45, 2.75) is 26.0 Å². The molecular formula is C16H25ClN2O2. The molecule has 2 rings (SSSR count). The number of hydrogen-bond donors (Lipinski definition) is 1. The third kappa shape index (κ3) is 5.15. The molecule has 0 aliphatic carbocycles. The van der Waals surface area contributed by atoms with Gasteiger partial charge in [0.25, 0.3) is 0 Å². The quantitative estimate of drug-likeness (QED) is 0.785. The zero-order valence-electron chi connectivity index (χ0n) is 12.9. The number of para-hydroxylation sites is 1. The number of nitrogens with zero attached hydrogens (tertiary/aromatic N) is 1. The lowest BCUT2D eigenvalue weighted by atomic mass is 10.2. The Morgan fingerprint density at radius 2 is 2.33 bits per heavy atom. The van der Waals surface area contributed by atoms with Crippen molar-refractivity contribution in [3.8, 4) is 5.75 Å². The van der Waals surface area contributed by atoms with E-state index in [1.165, 1.54) is 0 Å². The Hall–Kier alpha value is -0.810. The van der Waals surface area contributed by atoms with E-state index < -0.39 is 0 Å². The van der Waals surface area contributed by atoms with Crippen molar-refractivity contribution < 1.29 is 9.47 Å². The van der Waals surface area contributed by atoms with E-state index in [2.05, 4.69) is 30.3 Å². The van der Waals surface area contributed by atoms with Crippen molar-refractivity contribution in [1.82, 2.24) is 10.2 Å². The highest BCUT2D eigenvalue weighted by atomic mass is 35.5. The first-order valence-electron chi connectivity index (χ1n) is 7.61. The number of nitrogens with one attached hydrogen (secondary N) is 1. The zero-order valence-corrected chi connectivity index (χ0v) is 13.7. The largest absolute Gasteiger partial charge is 0.489 e. The van der Waals surface area contributed by atoms with Gasteiger partial charge in [-0.25, -0.2) is 0 Å². The second-order valence-corrected chi connectivity index (χ2v) is 5.88. The van der Waals surface area contributed by atoms with Crippen molar-refractivity contribution in [3.05, 3.63) is 28.8 Å². The Labute approximate surface area is 132 Å². The van der Waals surface area contributed by atoms with Crippen molar-refractivity contribution in [2.75, 3.05) is 39.9 Å². The number of benzene rings is 1. The molecule has 21 heavy (non-hydrogen) atoms. The van der Waals surface area contributed by atoms with Crippen molar-refractivity contribution in [3.63, 3.8) is 0 Å². The third-order valence-electron chi connectivity index (χ3n) is 3.55. The Morgan fingerprint density at radius 1 is 1.48 bits per heavy atom. The van der Waals surface area contributed by atoms with E-state index in [-0.39, 0.29) is 6.10 Å². The number of morpholine rings is 1. The number of rotatable bonds is 7. The maximum absolute atomic E-state index is 6.28. The summed E-state index contributed by atoms with van der Waals surface area (Å²) in [6.45, 7) is 7.09. The van der Waals surface area contributed by atoms with Gasteiger partial charge in [-0.2, -0.15) is 0 Å². The molecule has 1 aliphatic heterocycles. The predicted molar refractivity (Wildman–Crippen MR) is 86.2 cm³/mol. The molecular weight excluding hydrogens is 288 g/mol. The SMILES string of the molecule is CCCNCc1cccc(Cl)c1OCC1CN(C)CCO1. The summed E-state index contributed by atoms with van der Waals surface area (Å²) in [6.07, 6.45) is 1.22. The highest BCUT2D eigenvalue weighted by molar-refractivity contribution is 6.32. The van der Waals surface area contributed by atoms with Gasteiger partial charge in [0.05, 0.1) is 11.6 Å². The van der Waals surface area contributed by atoms with Gasteiger partial charge in [0.1, 0.15) is 18.5 Å². The van der Waals surface area contributed by atoms with Gasteiger partial charge in [0.2, 0.25) is 0 Å². The van der Waals surface area contributed by atoms with Crippen LogP contribution in [0.1, 0.15) is 18.9 Å². The van der Waals surface area contributed by atoms with Gasteiger partial charge in [-0.1, -0.05) is 30.7 Å². The van der Waals surface area contributed by atoms with Gasteiger partial charge < -0.3 is 19.7 Å². The van der Waals surface area contributed by atoms with Crippen LogP contribution >= 0.6 is 11.6 Å². The van der Waals surface area contributed by atoms with E-state index in [0.29, 0.717) is 11.6 Å². The first-order chi connectivity index (χ1) is 10.2. The second kappa shape index (κ2) is 8.59. The van der Waals surface area contributed by atoms with Crippen LogP contribution in [0.4, 0.5) is 0 Å². The fourth-order valence-corrected chi connectivity index (χ4v) is 2.65. The summed E-state index contributed by atoms with van der Waals surface area (Å²) in [6, 6.07) is 5.88. The first kappa shape index (κ1) is 16.6. The lowest BCUT2D eigenvalue weighted by Gasteiger charge is -2.30. The van der Waals surface area contributed by atoms with Crippen LogP contribution in [0.3, 0.4) is 0 Å². The molecule has 0 spiro atoms. The predicted octanol–water partition coefficient (Wildman–Crippen LogP) is 2.55. The number of halogens is 1. The van der Waals surface area contributed by atoms with Crippen LogP contribution in [0.25, 0.3) is 0 Å². The molecule has 1 fully saturated rings. The average molecular weight is 313 g/mol. The lowest BCUT2D eigenvalue weighted by molar-refractivity contribution is -0.0404. The van der Waals surface area contributed by atoms with Crippen molar-refractivity contribution in [1.29, 1.82) is 0 Å². The molecule has 5 heteroatoms. The van der Waals surface area contributed by atoms with Crippen LogP contribution in [0.15, 0.2) is 18.2 Å². The van der Waals surface area contributed by atoms with Gasteiger partial charge in [0.15, 0.2) is 0 Å². The summed E-state index contributed by atoms with van der Waals surface area (Å²) < 4.78 is 11.7. The molecule has 0 aromatic heterocycles. The van der Waals surface area contributed by atoms with E-state index in [1.54, 1.807) is 0 Å². The van der Waals surface area contributed by atoms with Crippen LogP contribution in [0, 0.1) is 0 Å². The summed E-state index contributed by atoms with van der Waals surface area (Å²) in [5, 5.41) is 4.05. The summed E-state index contributed by atoms with van der Waals surface area (Å²) in [7, 11) is 2.10. The average Bonchev–Trinajstić information content (AvgIpc) is 2.47. The molecule has 0 radical (unpaired) electrons.